The van der Waals surface area contributed by atoms with E-state index in [1.807, 2.05) is 20.2 Å². The van der Waals surface area contributed by atoms with Crippen LogP contribution in [0.25, 0.3) is 0 Å². The standard InChI is InChI=1S/C13H15ClN4O2/c1-9-11(8-17(2)16-9)7-15-6-10-3-4-12(18(19)20)5-13(10)14/h3-5,8,15H,6-7H2,1-2H3. The van der Waals surface area contributed by atoms with Gasteiger partial charge in [0.25, 0.3) is 5.69 Å². The van der Waals surface area contributed by atoms with Crippen LogP contribution in [0.15, 0.2) is 24.4 Å². The lowest BCUT2D eigenvalue weighted by Crippen LogP contribution is -2.13. The summed E-state index contributed by atoms with van der Waals surface area (Å²) in [5.41, 5.74) is 2.93. The molecule has 1 aromatic heterocycles. The van der Waals surface area contributed by atoms with E-state index in [-0.39, 0.29) is 5.69 Å². The van der Waals surface area contributed by atoms with Crippen LogP contribution in [-0.2, 0) is 20.1 Å². The van der Waals surface area contributed by atoms with Crippen molar-refractivity contribution in [3.8, 4) is 0 Å². The van der Waals surface area contributed by atoms with Crippen LogP contribution in [0.5, 0.6) is 0 Å². The van der Waals surface area contributed by atoms with Crippen molar-refractivity contribution in [3.05, 3.63) is 56.4 Å². The third kappa shape index (κ3) is 3.34. The van der Waals surface area contributed by atoms with Crippen molar-refractivity contribution in [2.45, 2.75) is 20.0 Å². The van der Waals surface area contributed by atoms with Gasteiger partial charge in [0, 0.05) is 44.0 Å². The van der Waals surface area contributed by atoms with Gasteiger partial charge in [0.2, 0.25) is 0 Å². The van der Waals surface area contributed by atoms with E-state index in [1.54, 1.807) is 10.7 Å². The zero-order valence-corrected chi connectivity index (χ0v) is 12.0. The SMILES string of the molecule is Cc1nn(C)cc1CNCc1ccc([N+](=O)[O-])cc1Cl. The van der Waals surface area contributed by atoms with E-state index in [1.165, 1.54) is 12.1 Å². The van der Waals surface area contributed by atoms with Gasteiger partial charge in [-0.15, -0.1) is 0 Å². The van der Waals surface area contributed by atoms with E-state index < -0.39 is 4.92 Å². The maximum atomic E-state index is 10.6. The number of nitro benzene ring substituents is 1. The summed E-state index contributed by atoms with van der Waals surface area (Å²) >= 11 is 6.03. The molecule has 2 aromatic rings. The van der Waals surface area contributed by atoms with Gasteiger partial charge < -0.3 is 5.32 Å². The molecule has 1 N–H and O–H groups in total. The normalized spacial score (nSPS) is 10.8. The molecule has 6 nitrogen and oxygen atoms in total. The van der Waals surface area contributed by atoms with Crippen molar-refractivity contribution >= 4 is 17.3 Å². The highest BCUT2D eigenvalue weighted by molar-refractivity contribution is 6.31. The molecule has 0 radical (unpaired) electrons. The summed E-state index contributed by atoms with van der Waals surface area (Å²) in [6, 6.07) is 4.50. The Labute approximate surface area is 121 Å². The molecule has 0 saturated carbocycles. The number of nitrogens with zero attached hydrogens (tertiary/aromatic N) is 3. The number of aryl methyl sites for hydroxylation is 2. The van der Waals surface area contributed by atoms with Crippen LogP contribution >= 0.6 is 11.6 Å². The van der Waals surface area contributed by atoms with Crippen LogP contribution < -0.4 is 5.32 Å². The van der Waals surface area contributed by atoms with Gasteiger partial charge in [0.05, 0.1) is 15.6 Å². The van der Waals surface area contributed by atoms with E-state index in [0.717, 1.165) is 16.8 Å². The molecule has 1 aromatic carbocycles. The maximum absolute atomic E-state index is 10.6. The van der Waals surface area contributed by atoms with Crippen molar-refractivity contribution in [3.63, 3.8) is 0 Å². The Hall–Kier alpha value is -1.92. The maximum Gasteiger partial charge on any atom is 0.270 e. The number of halogens is 1. The molecule has 0 spiro atoms. The Kier molecular flexibility index (Phi) is 4.36. The van der Waals surface area contributed by atoms with Crippen molar-refractivity contribution in [2.24, 2.45) is 7.05 Å². The first kappa shape index (κ1) is 14.5. The molecule has 0 atom stereocenters. The second-order valence-electron chi connectivity index (χ2n) is 4.55. The Morgan fingerprint density at radius 2 is 2.10 bits per heavy atom. The van der Waals surface area contributed by atoms with Crippen LogP contribution in [0.2, 0.25) is 5.02 Å². The van der Waals surface area contributed by atoms with Crippen LogP contribution in [0, 0.1) is 17.0 Å². The second-order valence-corrected chi connectivity index (χ2v) is 4.96. The first-order valence-corrected chi connectivity index (χ1v) is 6.48. The molecule has 0 unspecified atom stereocenters. The number of aromatic nitrogens is 2. The number of hydrogen-bond acceptors (Lipinski definition) is 4. The van der Waals surface area contributed by atoms with Crippen molar-refractivity contribution in [1.82, 2.24) is 15.1 Å². The zero-order valence-electron chi connectivity index (χ0n) is 11.3. The highest BCUT2D eigenvalue weighted by Gasteiger charge is 2.09. The van der Waals surface area contributed by atoms with Gasteiger partial charge in [-0.1, -0.05) is 11.6 Å². The molecular formula is C13H15ClN4O2. The molecule has 1 heterocycles. The van der Waals surface area contributed by atoms with Gasteiger partial charge in [-0.3, -0.25) is 14.8 Å². The van der Waals surface area contributed by atoms with E-state index in [4.69, 9.17) is 11.6 Å². The number of non-ortho nitro benzene ring substituents is 1. The highest BCUT2D eigenvalue weighted by atomic mass is 35.5. The molecule has 2 rings (SSSR count). The number of nitro groups is 1. The van der Waals surface area contributed by atoms with Crippen LogP contribution in [0.1, 0.15) is 16.8 Å². The summed E-state index contributed by atoms with van der Waals surface area (Å²) in [5.74, 6) is 0. The van der Waals surface area contributed by atoms with Gasteiger partial charge in [0.1, 0.15) is 0 Å². The molecule has 106 valence electrons. The fraction of sp³-hybridized carbons (Fsp3) is 0.308. The van der Waals surface area contributed by atoms with Crippen molar-refractivity contribution < 1.29 is 4.92 Å². The summed E-state index contributed by atoms with van der Waals surface area (Å²) in [7, 11) is 1.88. The van der Waals surface area contributed by atoms with E-state index in [2.05, 4.69) is 10.4 Å². The topological polar surface area (TPSA) is 73.0 Å². The van der Waals surface area contributed by atoms with E-state index in [0.29, 0.717) is 18.1 Å². The lowest BCUT2D eigenvalue weighted by Gasteiger charge is -2.06. The molecule has 0 aliphatic heterocycles. The van der Waals surface area contributed by atoms with Crippen LogP contribution in [0.3, 0.4) is 0 Å². The average molecular weight is 295 g/mol. The molecule has 0 saturated heterocycles. The lowest BCUT2D eigenvalue weighted by molar-refractivity contribution is -0.384. The largest absolute Gasteiger partial charge is 0.308 e. The predicted octanol–water partition coefficient (Wildman–Crippen LogP) is 2.58. The zero-order chi connectivity index (χ0) is 14.7. The molecule has 0 bridgehead atoms. The molecule has 0 aliphatic rings. The predicted molar refractivity (Wildman–Crippen MR) is 76.6 cm³/mol. The summed E-state index contributed by atoms with van der Waals surface area (Å²) in [4.78, 5) is 10.2. The summed E-state index contributed by atoms with van der Waals surface area (Å²) in [6.07, 6.45) is 1.96. The van der Waals surface area contributed by atoms with Crippen LogP contribution in [0.4, 0.5) is 5.69 Å². The van der Waals surface area contributed by atoms with Crippen molar-refractivity contribution in [2.75, 3.05) is 0 Å². The lowest BCUT2D eigenvalue weighted by atomic mass is 10.2. The van der Waals surface area contributed by atoms with Crippen molar-refractivity contribution in [1.29, 1.82) is 0 Å². The first-order valence-electron chi connectivity index (χ1n) is 6.10. The molecule has 0 aliphatic carbocycles. The Balaban J connectivity index is 1.97. The third-order valence-corrected chi connectivity index (χ3v) is 3.35. The molecule has 0 fully saturated rings. The molecular weight excluding hydrogens is 280 g/mol. The van der Waals surface area contributed by atoms with Gasteiger partial charge in [-0.25, -0.2) is 0 Å². The number of benzene rings is 1. The minimum Gasteiger partial charge on any atom is -0.308 e. The quantitative estimate of drug-likeness (QED) is 0.679. The smallest absolute Gasteiger partial charge is 0.270 e. The monoisotopic (exact) mass is 294 g/mol. The second kappa shape index (κ2) is 6.02. The third-order valence-electron chi connectivity index (χ3n) is 2.99. The fourth-order valence-electron chi connectivity index (χ4n) is 1.95. The molecule has 20 heavy (non-hydrogen) atoms. The number of nitrogens with one attached hydrogen (secondary N) is 1. The Bertz CT molecular complexity index is 639. The molecule has 7 heteroatoms. The minimum atomic E-state index is -0.456. The highest BCUT2D eigenvalue weighted by Crippen LogP contribution is 2.22. The fourth-order valence-corrected chi connectivity index (χ4v) is 2.19. The summed E-state index contributed by atoms with van der Waals surface area (Å²) < 4.78 is 1.77. The van der Waals surface area contributed by atoms with Gasteiger partial charge in [-0.2, -0.15) is 5.10 Å². The average Bonchev–Trinajstić information content (AvgIpc) is 2.69. The van der Waals surface area contributed by atoms with E-state index in [9.17, 15) is 10.1 Å². The van der Waals surface area contributed by atoms with Gasteiger partial charge in [0.15, 0.2) is 0 Å². The van der Waals surface area contributed by atoms with Gasteiger partial charge >= 0.3 is 0 Å². The summed E-state index contributed by atoms with van der Waals surface area (Å²) in [6.45, 7) is 3.17. The Morgan fingerprint density at radius 3 is 2.65 bits per heavy atom. The summed E-state index contributed by atoms with van der Waals surface area (Å²) in [5, 5.41) is 18.5. The molecule has 0 amide bonds. The minimum absolute atomic E-state index is 0.00172. The Morgan fingerprint density at radius 1 is 1.40 bits per heavy atom. The van der Waals surface area contributed by atoms with Gasteiger partial charge in [-0.05, 0) is 18.6 Å². The number of rotatable bonds is 5. The van der Waals surface area contributed by atoms with E-state index >= 15 is 0 Å². The van der Waals surface area contributed by atoms with Crippen LogP contribution in [-0.4, -0.2) is 14.7 Å². The first-order chi connectivity index (χ1) is 9.47. The number of hydrogen-bond donors (Lipinski definition) is 1.